The quantitative estimate of drug-likeness (QED) is 0.194. The number of ether oxygens (including phenoxy) is 1. The second kappa shape index (κ2) is 11.7. The van der Waals surface area contributed by atoms with Crippen LogP contribution in [0.3, 0.4) is 0 Å². The van der Waals surface area contributed by atoms with E-state index in [1.54, 1.807) is 23.8 Å². The van der Waals surface area contributed by atoms with Gasteiger partial charge in [-0.05, 0) is 43.2 Å². The first-order valence-electron chi connectivity index (χ1n) is 12.8. The summed E-state index contributed by atoms with van der Waals surface area (Å²) < 4.78 is 22.5. The number of thiazole rings is 1. The number of nitrogens with zero attached hydrogens (tertiary/aromatic N) is 3. The molecule has 2 N–H and O–H groups in total. The van der Waals surface area contributed by atoms with E-state index < -0.39 is 11.0 Å². The smallest absolute Gasteiger partial charge is 0.239 e. The molecule has 0 bridgehead atoms. The Morgan fingerprint density at radius 3 is 2.56 bits per heavy atom. The van der Waals surface area contributed by atoms with Crippen LogP contribution in [0.4, 0.5) is 11.6 Å². The summed E-state index contributed by atoms with van der Waals surface area (Å²) >= 11 is 7.73. The first kappa shape index (κ1) is 25.7. The number of aromatic nitrogens is 3. The molecule has 2 aromatic heterocycles. The summed E-state index contributed by atoms with van der Waals surface area (Å²) in [7, 11) is -1.53. The van der Waals surface area contributed by atoms with Crippen molar-refractivity contribution in [2.24, 2.45) is 0 Å². The molecule has 198 valence electrons. The van der Waals surface area contributed by atoms with Crippen LogP contribution < -0.4 is 14.8 Å². The Bertz CT molecular complexity index is 1640. The maximum atomic E-state index is 13.0. The summed E-state index contributed by atoms with van der Waals surface area (Å²) in [6.07, 6.45) is 7.83. The van der Waals surface area contributed by atoms with Crippen molar-refractivity contribution in [2.75, 3.05) is 10.0 Å². The number of hydrogen-bond donors (Lipinski definition) is 2. The Morgan fingerprint density at radius 2 is 1.72 bits per heavy atom. The van der Waals surface area contributed by atoms with Gasteiger partial charge < -0.3 is 14.8 Å². The second-order valence-electron chi connectivity index (χ2n) is 9.29. The summed E-state index contributed by atoms with van der Waals surface area (Å²) in [6.45, 7) is 0. The molecule has 10 heteroatoms. The van der Waals surface area contributed by atoms with Crippen molar-refractivity contribution in [2.45, 2.75) is 43.0 Å². The standard InChI is InChI=1S/C29H26ClN5O2S2/c30-22-12-6-7-13-26(22)39(36)35-23-14-15-25(21-11-5-4-10-20(21)23)37-28-27(38-18-32-28)24-16-17-31-29(34-24)33-19-8-2-1-3-9-19/h4-7,10-19,35H,1-3,8-9H2,(H,31,33,34). The molecule has 1 aliphatic carbocycles. The number of benzene rings is 3. The average molecular weight is 576 g/mol. The van der Waals surface area contributed by atoms with Gasteiger partial charge in [-0.3, -0.25) is 0 Å². The van der Waals surface area contributed by atoms with Crippen LogP contribution in [0.25, 0.3) is 21.3 Å². The number of halogens is 1. The maximum Gasteiger partial charge on any atom is 0.239 e. The van der Waals surface area contributed by atoms with Crippen molar-refractivity contribution in [1.82, 2.24) is 15.0 Å². The van der Waals surface area contributed by atoms with Crippen LogP contribution in [0.5, 0.6) is 11.6 Å². The van der Waals surface area contributed by atoms with E-state index in [2.05, 4.69) is 20.0 Å². The third-order valence-corrected chi connectivity index (χ3v) is 9.12. The summed E-state index contributed by atoms with van der Waals surface area (Å²) in [4.78, 5) is 15.1. The Balaban J connectivity index is 1.26. The molecule has 1 fully saturated rings. The molecule has 3 aromatic carbocycles. The summed E-state index contributed by atoms with van der Waals surface area (Å²) in [5.74, 6) is 1.75. The zero-order valence-electron chi connectivity index (χ0n) is 21.0. The van der Waals surface area contributed by atoms with Gasteiger partial charge in [-0.2, -0.15) is 0 Å². The van der Waals surface area contributed by atoms with E-state index in [-0.39, 0.29) is 0 Å². The second-order valence-corrected chi connectivity index (χ2v) is 11.7. The highest BCUT2D eigenvalue weighted by Crippen LogP contribution is 2.39. The highest BCUT2D eigenvalue weighted by Gasteiger charge is 2.18. The molecule has 0 aliphatic heterocycles. The molecule has 1 unspecified atom stereocenters. The van der Waals surface area contributed by atoms with E-state index >= 15 is 0 Å². The van der Waals surface area contributed by atoms with Gasteiger partial charge in [0.15, 0.2) is 11.0 Å². The molecule has 0 radical (unpaired) electrons. The SMILES string of the molecule is O=S(Nc1ccc(Oc2ncsc2-c2ccnc(NC3CCCCC3)n2)c2ccccc12)c1ccccc1Cl. The van der Waals surface area contributed by atoms with E-state index in [0.29, 0.717) is 39.2 Å². The lowest BCUT2D eigenvalue weighted by atomic mass is 9.96. The van der Waals surface area contributed by atoms with Crippen molar-refractivity contribution in [3.63, 3.8) is 0 Å². The Hall–Kier alpha value is -3.53. The zero-order chi connectivity index (χ0) is 26.6. The first-order chi connectivity index (χ1) is 19.2. The summed E-state index contributed by atoms with van der Waals surface area (Å²) in [5, 5.41) is 5.67. The van der Waals surface area contributed by atoms with Crippen molar-refractivity contribution < 1.29 is 8.95 Å². The predicted molar refractivity (Wildman–Crippen MR) is 159 cm³/mol. The maximum absolute atomic E-state index is 13.0. The molecule has 2 heterocycles. The van der Waals surface area contributed by atoms with Gasteiger partial charge in [0.1, 0.15) is 10.6 Å². The molecular weight excluding hydrogens is 550 g/mol. The van der Waals surface area contributed by atoms with Gasteiger partial charge in [0.25, 0.3) is 0 Å². The van der Waals surface area contributed by atoms with E-state index in [1.807, 2.05) is 54.6 Å². The minimum atomic E-state index is -1.53. The number of rotatable bonds is 8. The van der Waals surface area contributed by atoms with Crippen LogP contribution in [-0.4, -0.2) is 25.2 Å². The monoisotopic (exact) mass is 575 g/mol. The lowest BCUT2D eigenvalue weighted by Gasteiger charge is -2.22. The molecule has 0 saturated heterocycles. The van der Waals surface area contributed by atoms with Crippen LogP contribution >= 0.6 is 22.9 Å². The predicted octanol–water partition coefficient (Wildman–Crippen LogP) is 8.08. The molecule has 0 spiro atoms. The van der Waals surface area contributed by atoms with E-state index in [4.69, 9.17) is 21.3 Å². The fourth-order valence-electron chi connectivity index (χ4n) is 4.77. The minimum absolute atomic E-state index is 0.414. The molecule has 39 heavy (non-hydrogen) atoms. The van der Waals surface area contributed by atoms with Gasteiger partial charge in [0.2, 0.25) is 11.8 Å². The molecule has 1 aliphatic rings. The topological polar surface area (TPSA) is 89.0 Å². The van der Waals surface area contributed by atoms with Crippen molar-refractivity contribution in [1.29, 1.82) is 0 Å². The minimum Gasteiger partial charge on any atom is -0.437 e. The largest absolute Gasteiger partial charge is 0.437 e. The Labute approximate surface area is 238 Å². The van der Waals surface area contributed by atoms with Gasteiger partial charge in [-0.15, -0.1) is 11.3 Å². The molecule has 7 nitrogen and oxygen atoms in total. The van der Waals surface area contributed by atoms with E-state index in [0.717, 1.165) is 34.2 Å². The zero-order valence-corrected chi connectivity index (χ0v) is 23.4. The lowest BCUT2D eigenvalue weighted by molar-refractivity contribution is 0.461. The van der Waals surface area contributed by atoms with Crippen molar-refractivity contribution in [3.8, 4) is 22.2 Å². The average Bonchev–Trinajstić information content (AvgIpc) is 3.43. The van der Waals surface area contributed by atoms with Crippen LogP contribution in [0, 0.1) is 0 Å². The number of nitrogens with one attached hydrogen (secondary N) is 2. The van der Waals surface area contributed by atoms with Gasteiger partial charge in [-0.25, -0.2) is 19.2 Å². The lowest BCUT2D eigenvalue weighted by Crippen LogP contribution is -2.23. The molecule has 0 amide bonds. The Kier molecular flexibility index (Phi) is 7.71. The molecule has 5 aromatic rings. The first-order valence-corrected chi connectivity index (χ1v) is 15.2. The normalized spacial score (nSPS) is 14.7. The Morgan fingerprint density at radius 1 is 0.923 bits per heavy atom. The van der Waals surface area contributed by atoms with E-state index in [9.17, 15) is 4.21 Å². The van der Waals surface area contributed by atoms with Gasteiger partial charge in [0.05, 0.1) is 26.8 Å². The third-order valence-electron chi connectivity index (χ3n) is 6.69. The van der Waals surface area contributed by atoms with Crippen LogP contribution in [-0.2, 0) is 11.0 Å². The van der Waals surface area contributed by atoms with Crippen LogP contribution in [0.15, 0.2) is 83.3 Å². The van der Waals surface area contributed by atoms with Crippen molar-refractivity contribution >= 4 is 56.3 Å². The molecule has 1 saturated carbocycles. The highest BCUT2D eigenvalue weighted by atomic mass is 35.5. The van der Waals surface area contributed by atoms with Gasteiger partial charge in [-0.1, -0.05) is 67.3 Å². The summed E-state index contributed by atoms with van der Waals surface area (Å²) in [6, 6.07) is 20.9. The number of fused-ring (bicyclic) bond motifs is 1. The van der Waals surface area contributed by atoms with Crippen LogP contribution in [0.1, 0.15) is 32.1 Å². The number of anilines is 2. The molecule has 6 rings (SSSR count). The van der Waals surface area contributed by atoms with Gasteiger partial charge >= 0.3 is 0 Å². The fourth-order valence-corrected chi connectivity index (χ4v) is 6.73. The fraction of sp³-hybridized carbons (Fsp3) is 0.207. The van der Waals surface area contributed by atoms with Gasteiger partial charge in [0, 0.05) is 23.0 Å². The van der Waals surface area contributed by atoms with Crippen LogP contribution in [0.2, 0.25) is 5.02 Å². The van der Waals surface area contributed by atoms with E-state index in [1.165, 1.54) is 30.6 Å². The summed E-state index contributed by atoms with van der Waals surface area (Å²) in [5.41, 5.74) is 3.23. The molecular formula is C29H26ClN5O2S2. The highest BCUT2D eigenvalue weighted by molar-refractivity contribution is 7.86. The van der Waals surface area contributed by atoms with Crippen molar-refractivity contribution in [3.05, 3.63) is 83.5 Å². The molecule has 1 atom stereocenters. The third kappa shape index (κ3) is 5.75. The number of hydrogen-bond acceptors (Lipinski definition) is 7.